The first kappa shape index (κ1) is 16.6. The van der Waals surface area contributed by atoms with Crippen LogP contribution in [-0.4, -0.2) is 33.1 Å². The van der Waals surface area contributed by atoms with Crippen LogP contribution in [0.3, 0.4) is 0 Å². The lowest BCUT2D eigenvalue weighted by Gasteiger charge is -2.09. The van der Waals surface area contributed by atoms with Gasteiger partial charge >= 0.3 is 0 Å². The largest absolute Gasteiger partial charge is 0.352 e. The third kappa shape index (κ3) is 4.57. The van der Waals surface area contributed by atoms with E-state index < -0.39 is 15.7 Å². The Morgan fingerprint density at radius 3 is 2.70 bits per heavy atom. The minimum atomic E-state index is -0.929. The molecule has 1 aromatic carbocycles. The Labute approximate surface area is 124 Å². The predicted octanol–water partition coefficient (Wildman–Crippen LogP) is 2.14. The maximum Gasteiger partial charge on any atom is 0.287 e. The molecular formula is C12H15ClN2O4S. The molecule has 0 radical (unpaired) electrons. The number of rotatable bonds is 6. The molecule has 0 heterocycles. The van der Waals surface area contributed by atoms with Gasteiger partial charge in [0.1, 0.15) is 5.02 Å². The second-order valence-electron chi connectivity index (χ2n) is 4.28. The fourth-order valence-corrected chi connectivity index (χ4v) is 2.15. The molecule has 0 saturated heterocycles. The maximum atomic E-state index is 11.8. The van der Waals surface area contributed by atoms with E-state index in [-0.39, 0.29) is 27.4 Å². The van der Waals surface area contributed by atoms with E-state index in [2.05, 4.69) is 5.32 Å². The maximum absolute atomic E-state index is 11.8. The van der Waals surface area contributed by atoms with Gasteiger partial charge in [0.15, 0.2) is 0 Å². The van der Waals surface area contributed by atoms with Gasteiger partial charge in [0.25, 0.3) is 11.6 Å². The number of hydrogen-bond acceptors (Lipinski definition) is 4. The van der Waals surface area contributed by atoms with Crippen molar-refractivity contribution in [1.29, 1.82) is 0 Å². The number of carbonyl (C=O) groups is 1. The van der Waals surface area contributed by atoms with E-state index in [1.807, 2.05) is 6.92 Å². The molecule has 1 N–H and O–H groups in total. The predicted molar refractivity (Wildman–Crippen MR) is 78.6 cm³/mol. The van der Waals surface area contributed by atoms with Crippen molar-refractivity contribution in [1.82, 2.24) is 5.32 Å². The Hall–Kier alpha value is -1.47. The van der Waals surface area contributed by atoms with Crippen molar-refractivity contribution in [2.45, 2.75) is 18.6 Å². The molecule has 0 aromatic heterocycles. The number of benzene rings is 1. The van der Waals surface area contributed by atoms with Gasteiger partial charge < -0.3 is 5.32 Å². The van der Waals surface area contributed by atoms with Crippen LogP contribution < -0.4 is 5.32 Å². The fraction of sp³-hybridized carbons (Fsp3) is 0.417. The molecule has 0 saturated carbocycles. The highest BCUT2D eigenvalue weighted by atomic mass is 35.5. The lowest BCUT2D eigenvalue weighted by atomic mass is 10.2. The van der Waals surface area contributed by atoms with Crippen molar-refractivity contribution in [2.24, 2.45) is 0 Å². The number of carbonyl (C=O) groups excluding carboxylic acids is 1. The van der Waals surface area contributed by atoms with Gasteiger partial charge in [-0.15, -0.1) is 0 Å². The molecule has 1 rings (SSSR count). The number of nitro benzene ring substituents is 1. The summed E-state index contributed by atoms with van der Waals surface area (Å²) in [6, 6.07) is 3.80. The minimum absolute atomic E-state index is 0.00394. The quantitative estimate of drug-likeness (QED) is 0.642. The number of hydrogen-bond donors (Lipinski definition) is 1. The number of nitro groups is 1. The minimum Gasteiger partial charge on any atom is -0.352 e. The van der Waals surface area contributed by atoms with Gasteiger partial charge in [-0.1, -0.05) is 18.5 Å². The average molecular weight is 319 g/mol. The smallest absolute Gasteiger partial charge is 0.287 e. The highest BCUT2D eigenvalue weighted by Gasteiger charge is 2.15. The van der Waals surface area contributed by atoms with Crippen molar-refractivity contribution in [3.8, 4) is 0 Å². The molecular weight excluding hydrogens is 304 g/mol. The van der Waals surface area contributed by atoms with E-state index >= 15 is 0 Å². The molecule has 0 unspecified atom stereocenters. The number of amides is 1. The molecule has 0 bridgehead atoms. The first-order valence-electron chi connectivity index (χ1n) is 5.87. The summed E-state index contributed by atoms with van der Waals surface area (Å²) >= 11 is 5.73. The molecule has 6 nitrogen and oxygen atoms in total. The summed E-state index contributed by atoms with van der Waals surface area (Å²) in [5, 5.41) is 13.2. The molecule has 2 atom stereocenters. The second-order valence-corrected chi connectivity index (χ2v) is 6.49. The van der Waals surface area contributed by atoms with Crippen LogP contribution in [0.25, 0.3) is 0 Å². The lowest BCUT2D eigenvalue weighted by molar-refractivity contribution is -0.384. The van der Waals surface area contributed by atoms with Crippen LogP contribution in [0.1, 0.15) is 23.7 Å². The fourth-order valence-electron chi connectivity index (χ4n) is 1.45. The van der Waals surface area contributed by atoms with Crippen molar-refractivity contribution in [2.75, 3.05) is 12.8 Å². The van der Waals surface area contributed by atoms with Crippen LogP contribution in [0, 0.1) is 10.1 Å². The molecule has 1 aromatic rings. The van der Waals surface area contributed by atoms with E-state index in [0.717, 1.165) is 0 Å². The summed E-state index contributed by atoms with van der Waals surface area (Å²) in [5.41, 5.74) is 0.0177. The van der Waals surface area contributed by atoms with Crippen molar-refractivity contribution < 1.29 is 13.9 Å². The highest BCUT2D eigenvalue weighted by Crippen LogP contribution is 2.24. The summed E-state index contributed by atoms with van der Waals surface area (Å²) in [4.78, 5) is 21.8. The van der Waals surface area contributed by atoms with E-state index in [1.165, 1.54) is 18.2 Å². The summed E-state index contributed by atoms with van der Waals surface area (Å²) in [6.45, 7) is 2.22. The van der Waals surface area contributed by atoms with Gasteiger partial charge in [-0.3, -0.25) is 19.1 Å². The van der Waals surface area contributed by atoms with E-state index in [0.29, 0.717) is 13.0 Å². The van der Waals surface area contributed by atoms with Crippen molar-refractivity contribution in [3.63, 3.8) is 0 Å². The van der Waals surface area contributed by atoms with Crippen LogP contribution in [0.15, 0.2) is 18.2 Å². The van der Waals surface area contributed by atoms with Crippen LogP contribution >= 0.6 is 11.6 Å². The average Bonchev–Trinajstić information content (AvgIpc) is 2.37. The zero-order chi connectivity index (χ0) is 15.3. The zero-order valence-corrected chi connectivity index (χ0v) is 12.7. The molecule has 8 heteroatoms. The summed E-state index contributed by atoms with van der Waals surface area (Å²) in [7, 11) is -0.929. The molecule has 0 aliphatic rings. The third-order valence-electron chi connectivity index (χ3n) is 2.81. The van der Waals surface area contributed by atoms with Gasteiger partial charge in [-0.05, 0) is 18.6 Å². The van der Waals surface area contributed by atoms with E-state index in [9.17, 15) is 19.1 Å². The van der Waals surface area contributed by atoms with Crippen LogP contribution in [0.4, 0.5) is 5.69 Å². The molecule has 1 amide bonds. The summed E-state index contributed by atoms with van der Waals surface area (Å²) in [6.07, 6.45) is 2.21. The number of nitrogens with one attached hydrogen (secondary N) is 1. The second kappa shape index (κ2) is 7.35. The van der Waals surface area contributed by atoms with Crippen LogP contribution in [0.5, 0.6) is 0 Å². The van der Waals surface area contributed by atoms with Crippen LogP contribution in [0.2, 0.25) is 5.02 Å². The van der Waals surface area contributed by atoms with Crippen LogP contribution in [-0.2, 0) is 10.8 Å². The zero-order valence-electron chi connectivity index (χ0n) is 11.1. The summed E-state index contributed by atoms with van der Waals surface area (Å²) in [5.74, 6) is -0.365. The first-order valence-corrected chi connectivity index (χ1v) is 7.87. The standard InChI is InChI=1S/C12H15ClN2O4S/c1-8(20(2)19)5-6-14-12(16)9-3-4-11(15(17)18)10(13)7-9/h3-4,7-8H,5-6H2,1-2H3,(H,14,16)/t8-,20+/m0/s1. The van der Waals surface area contributed by atoms with Gasteiger partial charge in [0.05, 0.1) is 4.92 Å². The lowest BCUT2D eigenvalue weighted by Crippen LogP contribution is -2.27. The van der Waals surface area contributed by atoms with E-state index in [1.54, 1.807) is 6.26 Å². The Kier molecular flexibility index (Phi) is 6.09. The molecule has 0 fully saturated rings. The Bertz CT molecular complexity index is 550. The molecule has 0 aliphatic heterocycles. The van der Waals surface area contributed by atoms with Gasteiger partial charge in [0.2, 0.25) is 0 Å². The van der Waals surface area contributed by atoms with Crippen molar-refractivity contribution >= 4 is 34.0 Å². The topological polar surface area (TPSA) is 89.3 Å². The molecule has 0 aliphatic carbocycles. The molecule has 110 valence electrons. The molecule has 0 spiro atoms. The first-order chi connectivity index (χ1) is 9.32. The highest BCUT2D eigenvalue weighted by molar-refractivity contribution is 7.84. The third-order valence-corrected chi connectivity index (χ3v) is 4.48. The normalized spacial score (nSPS) is 13.6. The van der Waals surface area contributed by atoms with Gasteiger partial charge in [0, 0.05) is 40.5 Å². The molecule has 20 heavy (non-hydrogen) atoms. The van der Waals surface area contributed by atoms with E-state index in [4.69, 9.17) is 11.6 Å². The monoisotopic (exact) mass is 318 g/mol. The van der Waals surface area contributed by atoms with Crippen molar-refractivity contribution in [3.05, 3.63) is 38.9 Å². The van der Waals surface area contributed by atoms with Gasteiger partial charge in [-0.2, -0.15) is 0 Å². The SMILES string of the molecule is C[C@@H](CCNC(=O)c1ccc([N+](=O)[O-])c(Cl)c1)[S@@](C)=O. The number of nitrogens with zero attached hydrogens (tertiary/aromatic N) is 1. The Balaban J connectivity index is 2.62. The Morgan fingerprint density at radius 1 is 1.55 bits per heavy atom. The summed E-state index contributed by atoms with van der Waals surface area (Å²) < 4.78 is 11.2. The number of halogens is 1. The Morgan fingerprint density at radius 2 is 2.20 bits per heavy atom. The van der Waals surface area contributed by atoms with Gasteiger partial charge in [-0.25, -0.2) is 0 Å².